The van der Waals surface area contributed by atoms with E-state index in [4.69, 9.17) is 9.35 Å². The van der Waals surface area contributed by atoms with Gasteiger partial charge in [0.2, 0.25) is 0 Å². The number of aromatic nitrogens is 2. The minimum atomic E-state index is -2.36. The lowest BCUT2D eigenvalue weighted by atomic mass is 10.00. The van der Waals surface area contributed by atoms with E-state index in [1.165, 1.54) is 38.5 Å². The van der Waals surface area contributed by atoms with Gasteiger partial charge in [-0.3, -0.25) is 0 Å². The van der Waals surface area contributed by atoms with Crippen molar-refractivity contribution in [2.75, 3.05) is 0 Å². The van der Waals surface area contributed by atoms with Crippen LogP contribution in [0.4, 0.5) is 5.82 Å². The summed E-state index contributed by atoms with van der Waals surface area (Å²) in [5.41, 5.74) is 3.20. The van der Waals surface area contributed by atoms with Crippen LogP contribution in [0.15, 0.2) is 53.0 Å². The predicted molar refractivity (Wildman–Crippen MR) is 144 cm³/mol. The molecule has 2 saturated carbocycles. The molecule has 2 aliphatic carbocycles. The van der Waals surface area contributed by atoms with Crippen LogP contribution in [0.3, 0.4) is 0 Å². The third-order valence-electron chi connectivity index (χ3n) is 7.32. The Morgan fingerprint density at radius 3 is 2.18 bits per heavy atom. The second kappa shape index (κ2) is 10.7. The summed E-state index contributed by atoms with van der Waals surface area (Å²) in [7, 11) is -2.36. The molecule has 0 spiro atoms. The molecule has 0 bridgehead atoms. The smallest absolute Gasteiger partial charge is 0.162 e. The summed E-state index contributed by atoms with van der Waals surface area (Å²) < 4.78 is 19.7. The zero-order valence-electron chi connectivity index (χ0n) is 20.1. The Bertz CT molecular complexity index is 1190. The lowest BCUT2D eigenvalue weighted by Crippen LogP contribution is -2.34. The highest BCUT2D eigenvalue weighted by atomic mass is 32.2. The predicted octanol–water partition coefficient (Wildman–Crippen LogP) is 8.20. The van der Waals surface area contributed by atoms with E-state index in [2.05, 4.69) is 36.2 Å². The van der Waals surface area contributed by atoms with E-state index >= 15 is 0 Å². The maximum absolute atomic E-state index is 14.6. The summed E-state index contributed by atoms with van der Waals surface area (Å²) in [6, 6.07) is 14.5. The summed E-state index contributed by atoms with van der Waals surface area (Å²) in [5, 5.41) is 1.55. The number of aryl methyl sites for hydroxylation is 1. The van der Waals surface area contributed by atoms with Crippen LogP contribution in [0.25, 0.3) is 21.7 Å². The molecular formula is C28H35N3OS2. The molecule has 34 heavy (non-hydrogen) atoms. The molecule has 0 atom stereocenters. The number of benzene rings is 1. The molecule has 0 amide bonds. The molecule has 5 rings (SSSR count). The van der Waals surface area contributed by atoms with Crippen molar-refractivity contribution in [3.05, 3.63) is 53.7 Å². The largest absolute Gasteiger partial charge is 0.249 e. The third kappa shape index (κ3) is 4.99. The van der Waals surface area contributed by atoms with Gasteiger partial charge < -0.3 is 0 Å². The highest BCUT2D eigenvalue weighted by Crippen LogP contribution is 2.39. The van der Waals surface area contributed by atoms with Gasteiger partial charge in [0.15, 0.2) is 5.82 Å². The Labute approximate surface area is 208 Å². The van der Waals surface area contributed by atoms with Gasteiger partial charge in [-0.05, 0) is 49.8 Å². The molecule has 1 aromatic carbocycles. The third-order valence-corrected chi connectivity index (χ3v) is 11.9. The monoisotopic (exact) mass is 493 g/mol. The molecule has 180 valence electrons. The zero-order valence-corrected chi connectivity index (χ0v) is 21.8. The molecular weight excluding hydrogens is 458 g/mol. The van der Waals surface area contributed by atoms with E-state index in [1.54, 1.807) is 11.3 Å². The molecule has 2 aliphatic rings. The summed E-state index contributed by atoms with van der Waals surface area (Å²) in [6.07, 6.45) is 14.2. The van der Waals surface area contributed by atoms with Crippen LogP contribution in [0, 0.1) is 0 Å². The van der Waals surface area contributed by atoms with Crippen LogP contribution in [-0.4, -0.2) is 24.7 Å². The Kier molecular flexibility index (Phi) is 7.45. The average Bonchev–Trinajstić information content (AvgIpc) is 3.35. The van der Waals surface area contributed by atoms with E-state index in [0.717, 1.165) is 58.8 Å². The van der Waals surface area contributed by atoms with Crippen LogP contribution >= 0.6 is 11.3 Å². The fraction of sp³-hybridized carbons (Fsp3) is 0.500. The van der Waals surface area contributed by atoms with Crippen molar-refractivity contribution in [3.8, 4) is 21.7 Å². The molecule has 4 nitrogen and oxygen atoms in total. The number of nitrogens with zero attached hydrogens (tertiary/aromatic N) is 3. The topological polar surface area (TPSA) is 55.2 Å². The van der Waals surface area contributed by atoms with Gasteiger partial charge >= 0.3 is 0 Å². The van der Waals surface area contributed by atoms with E-state index in [-0.39, 0.29) is 10.5 Å². The second-order valence-corrected chi connectivity index (χ2v) is 13.5. The number of pyridine rings is 1. The van der Waals surface area contributed by atoms with Crippen molar-refractivity contribution >= 4 is 26.9 Å². The minimum Gasteiger partial charge on any atom is -0.249 e. The lowest BCUT2D eigenvalue weighted by molar-refractivity contribution is 0.472. The zero-order chi connectivity index (χ0) is 23.4. The highest BCUT2D eigenvalue weighted by Gasteiger charge is 2.34. The number of rotatable bonds is 6. The molecule has 0 radical (unpaired) electrons. The Morgan fingerprint density at radius 2 is 1.56 bits per heavy atom. The van der Waals surface area contributed by atoms with Crippen molar-refractivity contribution in [2.24, 2.45) is 4.36 Å². The molecule has 2 fully saturated rings. The minimum absolute atomic E-state index is 0.213. The first-order chi connectivity index (χ1) is 16.7. The average molecular weight is 494 g/mol. The lowest BCUT2D eigenvalue weighted by Gasteiger charge is -2.32. The number of thiazole rings is 1. The fourth-order valence-electron chi connectivity index (χ4n) is 5.49. The maximum atomic E-state index is 14.6. The van der Waals surface area contributed by atoms with Crippen LogP contribution in [-0.2, 0) is 16.1 Å². The van der Waals surface area contributed by atoms with E-state index in [9.17, 15) is 4.21 Å². The van der Waals surface area contributed by atoms with Crippen LogP contribution in [0.2, 0.25) is 0 Å². The maximum Gasteiger partial charge on any atom is 0.162 e. The second-order valence-electron chi connectivity index (χ2n) is 9.63. The van der Waals surface area contributed by atoms with Crippen LogP contribution in [0.1, 0.15) is 76.1 Å². The van der Waals surface area contributed by atoms with Gasteiger partial charge in [-0.25, -0.2) is 14.2 Å². The highest BCUT2D eigenvalue weighted by molar-refractivity contribution is 7.95. The van der Waals surface area contributed by atoms with Crippen LogP contribution in [0.5, 0.6) is 0 Å². The van der Waals surface area contributed by atoms with Gasteiger partial charge in [-0.2, -0.15) is 4.36 Å². The summed E-state index contributed by atoms with van der Waals surface area (Å²) in [4.78, 5) is 10.7. The molecule has 0 saturated heterocycles. The van der Waals surface area contributed by atoms with Crippen molar-refractivity contribution in [1.82, 2.24) is 9.97 Å². The molecule has 0 unspecified atom stereocenters. The Morgan fingerprint density at radius 1 is 0.912 bits per heavy atom. The standard InChI is InChI=1S/C28H35N3OS2/c1-2-26-30-27(21-12-6-3-7-13-21)28(33-26)22-18-19-29-25(20-22)31-34(32,23-14-8-4-9-15-23)24-16-10-5-11-17-24/h3,6-7,12-13,18-20,23-24H,2,4-5,8-11,14-17H2,1H3. The van der Waals surface area contributed by atoms with Crippen molar-refractivity contribution < 1.29 is 4.21 Å². The SMILES string of the molecule is CCc1nc(-c2ccccc2)c(-c2ccnc(N=S(=O)(C3CCCCC3)C3CCCCC3)c2)s1. The van der Waals surface area contributed by atoms with Crippen molar-refractivity contribution in [2.45, 2.75) is 88.1 Å². The quantitative estimate of drug-likeness (QED) is 0.348. The van der Waals surface area contributed by atoms with Crippen LogP contribution < -0.4 is 0 Å². The molecule has 2 heterocycles. The molecule has 2 aromatic heterocycles. The van der Waals surface area contributed by atoms with Crippen molar-refractivity contribution in [1.29, 1.82) is 0 Å². The van der Waals surface area contributed by atoms with Crippen molar-refractivity contribution in [3.63, 3.8) is 0 Å². The Hall–Kier alpha value is -2.05. The van der Waals surface area contributed by atoms with E-state index in [1.807, 2.05) is 24.4 Å². The first-order valence-corrected chi connectivity index (χ1v) is 15.4. The van der Waals surface area contributed by atoms with E-state index < -0.39 is 9.73 Å². The summed E-state index contributed by atoms with van der Waals surface area (Å²) >= 11 is 1.74. The summed E-state index contributed by atoms with van der Waals surface area (Å²) in [5.74, 6) is 0.629. The molecule has 0 N–H and O–H groups in total. The first-order valence-electron chi connectivity index (χ1n) is 12.9. The summed E-state index contributed by atoms with van der Waals surface area (Å²) in [6.45, 7) is 2.15. The van der Waals surface area contributed by atoms with Gasteiger partial charge in [0, 0.05) is 22.3 Å². The van der Waals surface area contributed by atoms with E-state index in [0.29, 0.717) is 5.82 Å². The van der Waals surface area contributed by atoms with Gasteiger partial charge in [0.1, 0.15) is 0 Å². The molecule has 3 aromatic rings. The van der Waals surface area contributed by atoms with Gasteiger partial charge in [0.05, 0.1) is 25.3 Å². The van der Waals surface area contributed by atoms with Gasteiger partial charge in [-0.1, -0.05) is 75.8 Å². The first kappa shape index (κ1) is 23.7. The number of hydrogen-bond donors (Lipinski definition) is 0. The molecule has 6 heteroatoms. The normalized spacial score (nSPS) is 18.1. The Balaban J connectivity index is 1.57. The fourth-order valence-corrected chi connectivity index (χ4v) is 9.76. The molecule has 0 aliphatic heterocycles. The van der Waals surface area contributed by atoms with Gasteiger partial charge in [0.25, 0.3) is 0 Å². The number of hydrogen-bond acceptors (Lipinski definition) is 5. The van der Waals surface area contributed by atoms with Gasteiger partial charge in [-0.15, -0.1) is 11.3 Å².